The van der Waals surface area contributed by atoms with E-state index in [1.54, 1.807) is 0 Å². The van der Waals surface area contributed by atoms with E-state index in [4.69, 9.17) is 0 Å². The molecule has 1 aromatic heterocycles. The Labute approximate surface area is 579 Å². The van der Waals surface area contributed by atoms with Gasteiger partial charge in [-0.1, -0.05) is 321 Å². The van der Waals surface area contributed by atoms with E-state index in [1.807, 2.05) is 0 Å². The second-order valence-corrected chi connectivity index (χ2v) is 36.4. The van der Waals surface area contributed by atoms with Crippen molar-refractivity contribution in [3.63, 3.8) is 0 Å². The number of fused-ring (bicyclic) bond motifs is 7. The zero-order chi connectivity index (χ0) is 66.3. The quantitative estimate of drug-likeness (QED) is 0.0892. The number of hydrogen-bond acceptors (Lipinski definition) is 2. The van der Waals surface area contributed by atoms with Crippen LogP contribution in [0.25, 0.3) is 38.6 Å². The molecule has 0 saturated carbocycles. The summed E-state index contributed by atoms with van der Waals surface area (Å²) in [4.78, 5) is 5.29. The molecule has 0 fully saturated rings. The van der Waals surface area contributed by atoms with Gasteiger partial charge < -0.3 is 14.4 Å². The first kappa shape index (κ1) is 60.6. The summed E-state index contributed by atoms with van der Waals surface area (Å²) in [6.45, 7) is 13.9. The lowest BCUT2D eigenvalue weighted by Gasteiger charge is -2.45. The number of benzene rings is 14. The third-order valence-corrected chi connectivity index (χ3v) is 30.7. The molecular formula is C92H76BN3Si2. The van der Waals surface area contributed by atoms with E-state index in [9.17, 15) is 0 Å². The van der Waals surface area contributed by atoms with Gasteiger partial charge in [-0.25, -0.2) is 0 Å². The Morgan fingerprint density at radius 2 is 0.612 bits per heavy atom. The number of rotatable bonds is 12. The Balaban J connectivity index is 1.00. The summed E-state index contributed by atoms with van der Waals surface area (Å²) in [6.07, 6.45) is 0. The van der Waals surface area contributed by atoms with Crippen molar-refractivity contribution >= 4 is 137 Å². The van der Waals surface area contributed by atoms with Crippen LogP contribution in [0.15, 0.2) is 352 Å². The fraction of sp³-hybridized carbons (Fsp3) is 0.0870. The molecule has 17 rings (SSSR count). The van der Waals surface area contributed by atoms with Gasteiger partial charge in [0.2, 0.25) is 0 Å². The maximum atomic E-state index is 2.65. The molecule has 14 aromatic carbocycles. The van der Waals surface area contributed by atoms with Crippen LogP contribution in [0.3, 0.4) is 0 Å². The molecule has 470 valence electrons. The summed E-state index contributed by atoms with van der Waals surface area (Å²) in [7, 11) is -6.06. The summed E-state index contributed by atoms with van der Waals surface area (Å²) < 4.78 is 2.59. The monoisotopic (exact) mass is 1290 g/mol. The summed E-state index contributed by atoms with van der Waals surface area (Å²) in [5.41, 5.74) is 19.0. The minimum Gasteiger partial charge on any atom is -0.311 e. The highest BCUT2D eigenvalue weighted by atomic mass is 28.3. The lowest BCUT2D eigenvalue weighted by Crippen LogP contribution is -2.74. The smallest absolute Gasteiger partial charge is 0.252 e. The van der Waals surface area contributed by atoms with Crippen LogP contribution in [0, 0.1) is 0 Å². The van der Waals surface area contributed by atoms with Gasteiger partial charge in [0.25, 0.3) is 6.71 Å². The van der Waals surface area contributed by atoms with E-state index in [-0.39, 0.29) is 17.5 Å². The van der Waals surface area contributed by atoms with E-state index in [0.29, 0.717) is 0 Å². The fourth-order valence-electron chi connectivity index (χ4n) is 16.6. The minimum atomic E-state index is -3.04. The lowest BCUT2D eigenvalue weighted by molar-refractivity contribution is 0.590. The van der Waals surface area contributed by atoms with Gasteiger partial charge in [0.05, 0.1) is 16.7 Å². The van der Waals surface area contributed by atoms with E-state index in [2.05, 4.69) is 408 Å². The molecule has 3 nitrogen and oxygen atoms in total. The lowest BCUT2D eigenvalue weighted by atomic mass is 9.33. The second-order valence-electron chi connectivity index (χ2n) is 28.8. The van der Waals surface area contributed by atoms with Crippen molar-refractivity contribution in [3.05, 3.63) is 363 Å². The molecule has 0 atom stereocenters. The Bertz CT molecular complexity index is 5190. The van der Waals surface area contributed by atoms with Gasteiger partial charge in [0, 0.05) is 44.9 Å². The molecule has 0 saturated heterocycles. The highest BCUT2D eigenvalue weighted by molar-refractivity contribution is 7.20. The highest BCUT2D eigenvalue weighted by Gasteiger charge is 2.47. The van der Waals surface area contributed by atoms with Gasteiger partial charge in [0.1, 0.15) is 0 Å². The maximum Gasteiger partial charge on any atom is 0.252 e. The molecule has 0 N–H and O–H groups in total. The second kappa shape index (κ2) is 24.0. The number of para-hydroxylation sites is 1. The van der Waals surface area contributed by atoms with Crippen molar-refractivity contribution in [3.8, 4) is 16.8 Å². The van der Waals surface area contributed by atoms with Gasteiger partial charge >= 0.3 is 0 Å². The summed E-state index contributed by atoms with van der Waals surface area (Å²) in [6, 6.07) is 135. The van der Waals surface area contributed by atoms with Crippen molar-refractivity contribution in [2.24, 2.45) is 0 Å². The summed E-state index contributed by atoms with van der Waals surface area (Å²) in [5.74, 6) is 0. The molecule has 0 bridgehead atoms. The molecule has 0 spiro atoms. The van der Waals surface area contributed by atoms with Gasteiger partial charge in [-0.2, -0.15) is 0 Å². The Morgan fingerprint density at radius 3 is 1.01 bits per heavy atom. The van der Waals surface area contributed by atoms with Crippen LogP contribution < -0.4 is 67.7 Å². The molecule has 15 aromatic rings. The van der Waals surface area contributed by atoms with Crippen LogP contribution in [-0.2, 0) is 10.8 Å². The van der Waals surface area contributed by atoms with Crippen molar-refractivity contribution < 1.29 is 0 Å². The summed E-state index contributed by atoms with van der Waals surface area (Å²) in [5, 5.41) is 13.2. The van der Waals surface area contributed by atoms with Crippen LogP contribution in [0.1, 0.15) is 52.7 Å². The number of nitrogens with zero attached hydrogens (tertiary/aromatic N) is 3. The van der Waals surface area contributed by atoms with E-state index < -0.39 is 16.1 Å². The molecule has 2 aliphatic rings. The molecule has 0 unspecified atom stereocenters. The maximum absolute atomic E-state index is 3.04. The first-order chi connectivity index (χ1) is 47.9. The molecule has 0 radical (unpaired) electrons. The topological polar surface area (TPSA) is 11.4 Å². The van der Waals surface area contributed by atoms with E-state index in [1.165, 1.54) is 108 Å². The predicted octanol–water partition coefficient (Wildman–Crippen LogP) is 15.9. The van der Waals surface area contributed by atoms with Crippen LogP contribution in [-0.4, -0.2) is 27.4 Å². The minimum absolute atomic E-state index is 0.0650. The van der Waals surface area contributed by atoms with Crippen LogP contribution in [0.4, 0.5) is 34.1 Å². The third kappa shape index (κ3) is 9.82. The Morgan fingerprint density at radius 1 is 0.255 bits per heavy atom. The third-order valence-electron chi connectivity index (χ3n) is 21.1. The molecule has 0 amide bonds. The molecule has 2 aliphatic heterocycles. The molecule has 3 heterocycles. The molecular weight excluding hydrogens is 1210 g/mol. The Kier molecular flexibility index (Phi) is 14.8. The molecule has 98 heavy (non-hydrogen) atoms. The first-order valence-corrected chi connectivity index (χ1v) is 38.6. The normalized spacial score (nSPS) is 12.9. The average molecular weight is 1290 g/mol. The van der Waals surface area contributed by atoms with Crippen molar-refractivity contribution in [1.82, 2.24) is 4.57 Å². The number of aromatic nitrogens is 1. The van der Waals surface area contributed by atoms with Gasteiger partial charge in [0.15, 0.2) is 16.1 Å². The van der Waals surface area contributed by atoms with Crippen LogP contribution >= 0.6 is 0 Å². The zero-order valence-corrected chi connectivity index (χ0v) is 58.4. The van der Waals surface area contributed by atoms with Gasteiger partial charge in [-0.3, -0.25) is 0 Å². The highest BCUT2D eigenvalue weighted by Crippen LogP contribution is 2.47. The fourth-order valence-corrected chi connectivity index (χ4v) is 26.1. The SMILES string of the molecule is CC(C)(C)c1ccc2c(c1)c1cc(C(C)(C)C)ccc1n2-c1cc2c3c(c1)N(c1cccc([Si](c4ccccc4)(c4ccccc4)c4ccccc4)c1)c1ccc(-c4ccccc4)cc1B3c1ccccc1N2c1cccc([Si](c2ccccc2)(c2ccccc2)c2ccccc2)c1. The number of hydrogen-bond donors (Lipinski definition) is 0. The van der Waals surface area contributed by atoms with E-state index >= 15 is 0 Å². The van der Waals surface area contributed by atoms with Crippen molar-refractivity contribution in [2.45, 2.75) is 52.4 Å². The van der Waals surface area contributed by atoms with Gasteiger partial charge in [-0.05, 0) is 164 Å². The standard InChI is InChI=1S/C92H76BN3Si2/c1-91(2,3)67-53-56-84-80(59-67)81-60-68(92(4,5)6)54-57-85(81)96(84)71-63-88-90-89(64-71)95(70-35-31-49-79(62-70)98(75-42-22-11-23-43-75,76-44-24-12-25-45-76)77-46-26-13-27-47-77)87-55-52-66(65-32-14-7-15-33-65)58-83(87)93(90)82-50-28-29-51-86(82)94(88)69-34-30-48-78(61-69)97(72-36-16-8-17-37-72,73-38-18-9-19-39-73)74-40-20-10-21-41-74/h7-64H,1-6H3. The Hall–Kier alpha value is -11.0. The van der Waals surface area contributed by atoms with Crippen molar-refractivity contribution in [1.29, 1.82) is 0 Å². The molecule has 0 aliphatic carbocycles. The largest absolute Gasteiger partial charge is 0.311 e. The first-order valence-electron chi connectivity index (χ1n) is 34.6. The van der Waals surface area contributed by atoms with Crippen LogP contribution in [0.5, 0.6) is 0 Å². The van der Waals surface area contributed by atoms with Crippen LogP contribution in [0.2, 0.25) is 0 Å². The predicted molar refractivity (Wildman–Crippen MR) is 425 cm³/mol. The molecule has 6 heteroatoms. The van der Waals surface area contributed by atoms with E-state index in [0.717, 1.165) is 34.1 Å². The van der Waals surface area contributed by atoms with Crippen molar-refractivity contribution in [2.75, 3.05) is 9.80 Å². The number of anilines is 6. The summed E-state index contributed by atoms with van der Waals surface area (Å²) >= 11 is 0. The zero-order valence-electron chi connectivity index (χ0n) is 56.4. The average Bonchev–Trinajstić information content (AvgIpc) is 0.740. The van der Waals surface area contributed by atoms with Gasteiger partial charge in [-0.15, -0.1) is 0 Å².